The third-order valence-corrected chi connectivity index (χ3v) is 6.74. The van der Waals surface area contributed by atoms with Crippen molar-refractivity contribution in [2.75, 3.05) is 0 Å². The lowest BCUT2D eigenvalue weighted by molar-refractivity contribution is -0.131. The summed E-state index contributed by atoms with van der Waals surface area (Å²) in [7, 11) is -9.02. The molecule has 0 heterocycles. The zero-order valence-electron chi connectivity index (χ0n) is 21.9. The SMILES string of the molecule is CC(=O)Oc1cc(CCCCCCCCCCCCCCCC(C)OS(=O)(=O)O)cc(OS(=O)(=O)O)c1. The van der Waals surface area contributed by atoms with Crippen LogP contribution < -0.4 is 8.92 Å². The molecule has 10 nitrogen and oxygen atoms in total. The highest BCUT2D eigenvalue weighted by Crippen LogP contribution is 2.25. The first-order valence-corrected chi connectivity index (χ1v) is 15.7. The number of hydrogen-bond acceptors (Lipinski definition) is 8. The molecule has 12 heteroatoms. The van der Waals surface area contributed by atoms with Gasteiger partial charge < -0.3 is 8.92 Å². The Hall–Kier alpha value is -1.73. The Morgan fingerprint density at radius 2 is 1.19 bits per heavy atom. The average molecular weight is 567 g/mol. The molecule has 214 valence electrons. The molecule has 37 heavy (non-hydrogen) atoms. The van der Waals surface area contributed by atoms with Crippen LogP contribution in [0.3, 0.4) is 0 Å². The number of esters is 1. The Kier molecular flexibility index (Phi) is 15.9. The van der Waals surface area contributed by atoms with Crippen molar-refractivity contribution in [1.82, 2.24) is 0 Å². The summed E-state index contributed by atoms with van der Waals surface area (Å²) in [5, 5.41) is 0. The fourth-order valence-electron chi connectivity index (χ4n) is 4.13. The molecule has 0 saturated carbocycles. The summed E-state index contributed by atoms with van der Waals surface area (Å²) in [5.41, 5.74) is 0.762. The summed E-state index contributed by atoms with van der Waals surface area (Å²) in [4.78, 5) is 11.2. The minimum atomic E-state index is -4.67. The average Bonchev–Trinajstić information content (AvgIpc) is 2.73. The lowest BCUT2D eigenvalue weighted by Crippen LogP contribution is -2.14. The second kappa shape index (κ2) is 17.7. The molecule has 2 N–H and O–H groups in total. The molecule has 1 aromatic rings. The molecule has 1 atom stereocenters. The quantitative estimate of drug-likeness (QED) is 0.0783. The predicted octanol–water partition coefficient (Wildman–Crippen LogP) is 6.01. The van der Waals surface area contributed by atoms with Crippen LogP contribution in [0.15, 0.2) is 18.2 Å². The third kappa shape index (κ3) is 20.0. The van der Waals surface area contributed by atoms with Gasteiger partial charge in [-0.05, 0) is 43.9 Å². The number of carbonyl (C=O) groups is 1. The number of ether oxygens (including phenoxy) is 1. The van der Waals surface area contributed by atoms with E-state index >= 15 is 0 Å². The molecule has 0 aromatic heterocycles. The van der Waals surface area contributed by atoms with E-state index in [1.54, 1.807) is 13.0 Å². The lowest BCUT2D eigenvalue weighted by Gasteiger charge is -2.09. The Bertz CT molecular complexity index is 1010. The molecule has 0 bridgehead atoms. The maximum Gasteiger partial charge on any atom is 0.446 e. The second-order valence-corrected chi connectivity index (χ2v) is 11.5. The smallest absolute Gasteiger partial charge is 0.427 e. The van der Waals surface area contributed by atoms with Gasteiger partial charge in [-0.2, -0.15) is 16.8 Å². The molecule has 0 spiro atoms. The number of carbonyl (C=O) groups excluding carboxylic acids is 1. The maximum atomic E-state index is 11.2. The zero-order valence-corrected chi connectivity index (χ0v) is 23.5. The van der Waals surface area contributed by atoms with Crippen LogP contribution in [0.5, 0.6) is 11.5 Å². The van der Waals surface area contributed by atoms with Gasteiger partial charge in [0.1, 0.15) is 11.5 Å². The van der Waals surface area contributed by atoms with Crippen molar-refractivity contribution >= 4 is 26.8 Å². The van der Waals surface area contributed by atoms with Crippen LogP contribution >= 0.6 is 0 Å². The number of unbranched alkanes of at least 4 members (excludes halogenated alkanes) is 12. The number of hydrogen-bond donors (Lipinski definition) is 2. The van der Waals surface area contributed by atoms with Crippen LogP contribution in [0, 0.1) is 0 Å². The summed E-state index contributed by atoms with van der Waals surface area (Å²) in [6.45, 7) is 2.88. The van der Waals surface area contributed by atoms with Gasteiger partial charge in [0.2, 0.25) is 0 Å². The van der Waals surface area contributed by atoms with Gasteiger partial charge in [0.15, 0.2) is 0 Å². The van der Waals surface area contributed by atoms with Crippen LogP contribution in [-0.2, 0) is 36.2 Å². The number of aryl methyl sites for hydroxylation is 1. The molecule has 0 aliphatic rings. The van der Waals surface area contributed by atoms with E-state index in [2.05, 4.69) is 8.37 Å². The van der Waals surface area contributed by atoms with Gasteiger partial charge >= 0.3 is 26.8 Å². The summed E-state index contributed by atoms with van der Waals surface area (Å²) < 4.78 is 74.8. The fourth-order valence-corrected chi connectivity index (χ4v) is 4.98. The van der Waals surface area contributed by atoms with E-state index in [1.807, 2.05) is 0 Å². The first kappa shape index (κ1) is 33.3. The van der Waals surface area contributed by atoms with E-state index in [-0.39, 0.29) is 11.5 Å². The maximum absolute atomic E-state index is 11.2. The molecule has 0 aliphatic carbocycles. The molecule has 0 amide bonds. The molecule has 0 saturated heterocycles. The van der Waals surface area contributed by atoms with Crippen molar-refractivity contribution < 1.29 is 43.8 Å². The lowest BCUT2D eigenvalue weighted by atomic mass is 10.0. The van der Waals surface area contributed by atoms with E-state index in [0.717, 1.165) is 50.5 Å². The number of benzene rings is 1. The van der Waals surface area contributed by atoms with E-state index in [0.29, 0.717) is 12.8 Å². The van der Waals surface area contributed by atoms with Crippen molar-refractivity contribution in [3.63, 3.8) is 0 Å². The monoisotopic (exact) mass is 566 g/mol. The second-order valence-electron chi connectivity index (χ2n) is 9.39. The standard InChI is InChI=1S/C25H42O10S2/c1-21(34-36(27,28)29)16-14-12-10-8-6-4-3-5-7-9-11-13-15-17-23-18-24(33-22(2)26)20-25(19-23)35-37(30,31)32/h18-21H,3-17H2,1-2H3,(H,27,28,29)(H,30,31,32). The van der Waals surface area contributed by atoms with Crippen molar-refractivity contribution in [1.29, 1.82) is 0 Å². The summed E-state index contributed by atoms with van der Waals surface area (Å²) in [5.74, 6) is -0.466. The Labute approximate surface area is 222 Å². The molecule has 1 rings (SSSR count). The van der Waals surface area contributed by atoms with Crippen LogP contribution in [0.4, 0.5) is 0 Å². The molecular weight excluding hydrogens is 524 g/mol. The van der Waals surface area contributed by atoms with Gasteiger partial charge in [-0.1, -0.05) is 77.0 Å². The van der Waals surface area contributed by atoms with Crippen LogP contribution in [0.1, 0.15) is 109 Å². The van der Waals surface area contributed by atoms with Crippen LogP contribution in [0.25, 0.3) is 0 Å². The topological polar surface area (TPSA) is 154 Å². The molecular formula is C25H42O10S2. The molecule has 0 fully saturated rings. The van der Waals surface area contributed by atoms with E-state index in [1.165, 1.54) is 57.6 Å². The fraction of sp³-hybridized carbons (Fsp3) is 0.720. The van der Waals surface area contributed by atoms with E-state index in [4.69, 9.17) is 13.8 Å². The van der Waals surface area contributed by atoms with E-state index < -0.39 is 32.9 Å². The van der Waals surface area contributed by atoms with Crippen molar-refractivity contribution in [2.24, 2.45) is 0 Å². The van der Waals surface area contributed by atoms with Gasteiger partial charge in [0.05, 0.1) is 6.10 Å². The van der Waals surface area contributed by atoms with Crippen molar-refractivity contribution in [3.05, 3.63) is 23.8 Å². The summed E-state index contributed by atoms with van der Waals surface area (Å²) in [6.07, 6.45) is 15.2. The highest BCUT2D eigenvalue weighted by atomic mass is 32.3. The molecule has 0 radical (unpaired) electrons. The highest BCUT2D eigenvalue weighted by molar-refractivity contribution is 7.81. The van der Waals surface area contributed by atoms with Gasteiger partial charge in [-0.25, -0.2) is 4.18 Å². The number of rotatable bonds is 21. The van der Waals surface area contributed by atoms with Crippen LogP contribution in [-0.4, -0.2) is 38.0 Å². The summed E-state index contributed by atoms with van der Waals surface area (Å²) >= 11 is 0. The summed E-state index contributed by atoms with van der Waals surface area (Å²) in [6, 6.07) is 4.42. The normalized spacial score (nSPS) is 12.9. The Morgan fingerprint density at radius 1 is 0.730 bits per heavy atom. The molecule has 1 aromatic carbocycles. The highest BCUT2D eigenvalue weighted by Gasteiger charge is 2.12. The minimum Gasteiger partial charge on any atom is -0.427 e. The first-order valence-electron chi connectivity index (χ1n) is 13.0. The first-order chi connectivity index (χ1) is 17.3. The van der Waals surface area contributed by atoms with Crippen molar-refractivity contribution in [2.45, 2.75) is 116 Å². The van der Waals surface area contributed by atoms with Gasteiger partial charge in [-0.15, -0.1) is 0 Å². The van der Waals surface area contributed by atoms with Gasteiger partial charge in [0, 0.05) is 13.0 Å². The van der Waals surface area contributed by atoms with Gasteiger partial charge in [0.25, 0.3) is 0 Å². The van der Waals surface area contributed by atoms with Gasteiger partial charge in [-0.3, -0.25) is 13.9 Å². The Morgan fingerprint density at radius 3 is 1.65 bits per heavy atom. The zero-order chi connectivity index (χ0) is 27.7. The Balaban J connectivity index is 2.08. The largest absolute Gasteiger partial charge is 0.446 e. The third-order valence-electron chi connectivity index (χ3n) is 5.76. The molecule has 1 unspecified atom stereocenters. The molecule has 0 aliphatic heterocycles. The minimum absolute atomic E-state index is 0.101. The predicted molar refractivity (Wildman–Crippen MR) is 140 cm³/mol. The van der Waals surface area contributed by atoms with Crippen molar-refractivity contribution in [3.8, 4) is 11.5 Å². The van der Waals surface area contributed by atoms with E-state index in [9.17, 15) is 21.6 Å². The van der Waals surface area contributed by atoms with Crippen LogP contribution in [0.2, 0.25) is 0 Å².